The van der Waals surface area contributed by atoms with Crippen LogP contribution in [0.5, 0.6) is 0 Å². The average molecular weight is 197 g/mol. The van der Waals surface area contributed by atoms with Crippen molar-refractivity contribution in [3.05, 3.63) is 0 Å². The van der Waals surface area contributed by atoms with Crippen LogP contribution in [0.25, 0.3) is 0 Å². The van der Waals surface area contributed by atoms with Crippen molar-refractivity contribution in [1.82, 2.24) is 0 Å². The Morgan fingerprint density at radius 3 is 1.29 bits per heavy atom. The number of rotatable bonds is 1. The second-order valence-corrected chi connectivity index (χ2v) is 15.0. The molecule has 0 aliphatic carbocycles. The van der Waals surface area contributed by atoms with Gasteiger partial charge in [0.2, 0.25) is 0 Å². The predicted molar refractivity (Wildman–Crippen MR) is 32.7 cm³/mol. The van der Waals surface area contributed by atoms with Crippen molar-refractivity contribution >= 4 is 27.9 Å². The third kappa shape index (κ3) is 4.11. The topological polar surface area (TPSA) is 0 Å². The molecule has 0 saturated heterocycles. The van der Waals surface area contributed by atoms with E-state index in [9.17, 15) is 0 Å². The van der Waals surface area contributed by atoms with Gasteiger partial charge in [0, 0.05) is 0 Å². The monoisotopic (exact) mass is 196 g/mol. The van der Waals surface area contributed by atoms with Crippen LogP contribution in [0.15, 0.2) is 0 Å². The van der Waals surface area contributed by atoms with E-state index in [1.165, 1.54) is 0 Å². The van der Waals surface area contributed by atoms with Crippen molar-refractivity contribution in [1.29, 1.82) is 0 Å². The maximum atomic E-state index is 5.59. The molecule has 44 valence electrons. The summed E-state index contributed by atoms with van der Waals surface area (Å²) in [4.78, 5) is 0. The van der Waals surface area contributed by atoms with E-state index in [0.29, 0.717) is 0 Å². The van der Waals surface area contributed by atoms with Gasteiger partial charge in [-0.3, -0.25) is 0 Å². The van der Waals surface area contributed by atoms with Crippen molar-refractivity contribution in [2.75, 3.05) is 0 Å². The first-order valence-electron chi connectivity index (χ1n) is 2.01. The summed E-state index contributed by atoms with van der Waals surface area (Å²) in [6, 6.07) is 0. The molecule has 0 N–H and O–H groups in total. The third-order valence-electron chi connectivity index (χ3n) is 0.655. The molecule has 0 atom stereocenters. The Bertz CT molecular complexity index is 55.7. The van der Waals surface area contributed by atoms with Gasteiger partial charge in [-0.2, -0.15) is 0 Å². The predicted octanol–water partition coefficient (Wildman–Crippen LogP) is 3.43. The molecular formula is C3H7Cl3Ti. The molecule has 0 rings (SSSR count). The van der Waals surface area contributed by atoms with Gasteiger partial charge in [0.15, 0.2) is 0 Å². The molecule has 0 aliphatic rings. The molecular weight excluding hydrogens is 190 g/mol. The first-order chi connectivity index (χ1) is 2.94. The van der Waals surface area contributed by atoms with Crippen molar-refractivity contribution in [2.45, 2.75) is 18.1 Å². The minimum atomic E-state index is -2.75. The molecule has 7 heavy (non-hydrogen) atoms. The first-order valence-corrected chi connectivity index (χ1v) is 9.36. The van der Waals surface area contributed by atoms with E-state index >= 15 is 0 Å². The zero-order valence-electron chi connectivity index (χ0n) is 4.21. The quantitative estimate of drug-likeness (QED) is 0.565. The molecule has 0 aliphatic heterocycles. The van der Waals surface area contributed by atoms with Crippen LogP contribution in [0.2, 0.25) is 4.22 Å². The molecule has 0 unspecified atom stereocenters. The standard InChI is InChI=1S/C3H7.3ClH.Ti/c1-3-2;;;;/h3H,1-2H3;3*1H;/q;;;;+3/p-3. The number of halogens is 3. The molecule has 0 heterocycles. The molecule has 0 bridgehead atoms. The summed E-state index contributed by atoms with van der Waals surface area (Å²) >= 11 is -2.75. The van der Waals surface area contributed by atoms with Crippen LogP contribution >= 0.6 is 27.9 Å². The molecule has 0 aromatic carbocycles. The van der Waals surface area contributed by atoms with E-state index in [4.69, 9.17) is 27.9 Å². The SMILES string of the molecule is C[CH](C)[Ti]([Cl])([Cl])[Cl]. The molecule has 0 aromatic rings. The van der Waals surface area contributed by atoms with Crippen LogP contribution in [-0.4, -0.2) is 0 Å². The van der Waals surface area contributed by atoms with E-state index in [1.54, 1.807) is 0 Å². The summed E-state index contributed by atoms with van der Waals surface area (Å²) in [5, 5.41) is 0. The fourth-order valence-electron chi connectivity index (χ4n) is 0. The van der Waals surface area contributed by atoms with Gasteiger partial charge in [-0.1, -0.05) is 0 Å². The van der Waals surface area contributed by atoms with E-state index in [-0.39, 0.29) is 4.22 Å². The Morgan fingerprint density at radius 1 is 1.14 bits per heavy atom. The summed E-state index contributed by atoms with van der Waals surface area (Å²) in [5.74, 6) is 0. The van der Waals surface area contributed by atoms with E-state index in [1.807, 2.05) is 13.8 Å². The number of hydrogen-bond acceptors (Lipinski definition) is 0. The Hall–Kier alpha value is 1.58. The van der Waals surface area contributed by atoms with Gasteiger partial charge in [-0.15, -0.1) is 0 Å². The van der Waals surface area contributed by atoms with E-state index in [2.05, 4.69) is 0 Å². The molecule has 0 fully saturated rings. The van der Waals surface area contributed by atoms with Gasteiger partial charge in [-0.25, -0.2) is 0 Å². The van der Waals surface area contributed by atoms with Crippen molar-refractivity contribution in [2.24, 2.45) is 0 Å². The van der Waals surface area contributed by atoms with Gasteiger partial charge in [0.05, 0.1) is 0 Å². The van der Waals surface area contributed by atoms with Crippen LogP contribution in [0.4, 0.5) is 0 Å². The molecule has 0 spiro atoms. The summed E-state index contributed by atoms with van der Waals surface area (Å²) in [6.07, 6.45) is 0. The Kier molecular flexibility index (Phi) is 3.60. The number of hydrogen-bond donors (Lipinski definition) is 0. The molecule has 0 radical (unpaired) electrons. The first kappa shape index (κ1) is 8.58. The Morgan fingerprint density at radius 2 is 1.29 bits per heavy atom. The summed E-state index contributed by atoms with van der Waals surface area (Å²) in [6.45, 7) is 3.88. The second kappa shape index (κ2) is 2.94. The zero-order valence-corrected chi connectivity index (χ0v) is 8.04. The summed E-state index contributed by atoms with van der Waals surface area (Å²) < 4.78 is 0.282. The average Bonchev–Trinajstić information content (AvgIpc) is 1.31. The van der Waals surface area contributed by atoms with Crippen LogP contribution in [-0.2, 0) is 13.4 Å². The van der Waals surface area contributed by atoms with E-state index < -0.39 is 13.4 Å². The molecule has 0 aromatic heterocycles. The van der Waals surface area contributed by atoms with Crippen molar-refractivity contribution < 1.29 is 13.4 Å². The van der Waals surface area contributed by atoms with Gasteiger partial charge >= 0.3 is 59.4 Å². The third-order valence-corrected chi connectivity index (χ3v) is 8.10. The molecule has 0 nitrogen and oxygen atoms in total. The van der Waals surface area contributed by atoms with Gasteiger partial charge in [0.1, 0.15) is 0 Å². The molecule has 4 heteroatoms. The minimum absolute atomic E-state index is 0.282. The summed E-state index contributed by atoms with van der Waals surface area (Å²) in [7, 11) is 16.8. The van der Waals surface area contributed by atoms with Crippen LogP contribution in [0.3, 0.4) is 0 Å². The second-order valence-electron chi connectivity index (χ2n) is 1.70. The van der Waals surface area contributed by atoms with Gasteiger partial charge < -0.3 is 0 Å². The van der Waals surface area contributed by atoms with Gasteiger partial charge in [0.25, 0.3) is 0 Å². The van der Waals surface area contributed by atoms with Crippen LogP contribution in [0.1, 0.15) is 13.8 Å². The van der Waals surface area contributed by atoms with E-state index in [0.717, 1.165) is 0 Å². The van der Waals surface area contributed by atoms with Crippen molar-refractivity contribution in [3.63, 3.8) is 0 Å². The zero-order chi connectivity index (χ0) is 6.08. The maximum absolute atomic E-state index is 5.59. The Balaban J connectivity index is 3.54. The molecule has 0 saturated carbocycles. The fraction of sp³-hybridized carbons (Fsp3) is 1.00. The Labute approximate surface area is 59.1 Å². The van der Waals surface area contributed by atoms with Gasteiger partial charge in [-0.05, 0) is 0 Å². The van der Waals surface area contributed by atoms with Crippen LogP contribution in [0, 0.1) is 0 Å². The fourth-order valence-corrected chi connectivity index (χ4v) is 0. The summed E-state index contributed by atoms with van der Waals surface area (Å²) in [5.41, 5.74) is 0. The molecule has 0 amide bonds. The van der Waals surface area contributed by atoms with Crippen molar-refractivity contribution in [3.8, 4) is 0 Å². The van der Waals surface area contributed by atoms with Crippen LogP contribution < -0.4 is 0 Å². The normalized spacial score (nSPS) is 12.9.